The minimum absolute atomic E-state index is 0.294. The van der Waals surface area contributed by atoms with Crippen molar-refractivity contribution in [3.05, 3.63) is 33.8 Å². The zero-order chi connectivity index (χ0) is 13.5. The molecular weight excluding hydrogens is 315 g/mol. The van der Waals surface area contributed by atoms with Gasteiger partial charge in [-0.1, -0.05) is 15.9 Å². The summed E-state index contributed by atoms with van der Waals surface area (Å²) in [5.41, 5.74) is -0.468. The van der Waals surface area contributed by atoms with Crippen LogP contribution in [0.4, 0.5) is 18.0 Å². The van der Waals surface area contributed by atoms with E-state index in [0.717, 1.165) is 12.1 Å². The van der Waals surface area contributed by atoms with Crippen LogP contribution in [-0.2, 0) is 10.9 Å². The van der Waals surface area contributed by atoms with Gasteiger partial charge in [0.05, 0.1) is 11.6 Å². The van der Waals surface area contributed by atoms with Crippen LogP contribution in [0, 0.1) is 0 Å². The van der Waals surface area contributed by atoms with Gasteiger partial charge in [-0.2, -0.15) is 13.2 Å². The maximum Gasteiger partial charge on any atom is 0.416 e. The van der Waals surface area contributed by atoms with Gasteiger partial charge < -0.3 is 10.1 Å². The van der Waals surface area contributed by atoms with Crippen LogP contribution in [-0.4, -0.2) is 12.1 Å². The van der Waals surface area contributed by atoms with Crippen LogP contribution in [0.3, 0.4) is 0 Å². The van der Waals surface area contributed by atoms with Crippen LogP contribution in [0.25, 0.3) is 0 Å². The Bertz CT molecular complexity index is 490. The summed E-state index contributed by atoms with van der Waals surface area (Å²) in [4.78, 5) is 11.0. The molecule has 1 aliphatic heterocycles. The summed E-state index contributed by atoms with van der Waals surface area (Å²) >= 11 is 3.03. The highest BCUT2D eigenvalue weighted by atomic mass is 79.9. The molecule has 0 aliphatic carbocycles. The number of alkyl carbamates (subject to hydrolysis) is 1. The summed E-state index contributed by atoms with van der Waals surface area (Å²) in [6, 6.07) is 3.12. The molecule has 0 aromatic heterocycles. The van der Waals surface area contributed by atoms with Gasteiger partial charge >= 0.3 is 12.3 Å². The smallest absolute Gasteiger partial charge is 0.416 e. The molecule has 0 radical (unpaired) electrons. The molecule has 1 N–H and O–H groups in total. The molecule has 2 rings (SSSR count). The van der Waals surface area contributed by atoms with E-state index in [9.17, 15) is 18.0 Å². The Labute approximate surface area is 109 Å². The first-order valence-corrected chi connectivity index (χ1v) is 5.91. The number of rotatable bonds is 1. The second-order valence-corrected chi connectivity index (χ2v) is 4.95. The molecule has 0 spiro atoms. The van der Waals surface area contributed by atoms with Crippen LogP contribution >= 0.6 is 15.9 Å². The van der Waals surface area contributed by atoms with Crippen LogP contribution in [0.2, 0.25) is 0 Å². The van der Waals surface area contributed by atoms with Crippen molar-refractivity contribution in [3.63, 3.8) is 0 Å². The van der Waals surface area contributed by atoms with E-state index >= 15 is 0 Å². The Kier molecular flexibility index (Phi) is 3.27. The lowest BCUT2D eigenvalue weighted by atomic mass is 10.0. The van der Waals surface area contributed by atoms with E-state index in [1.807, 2.05) is 0 Å². The highest BCUT2D eigenvalue weighted by Gasteiger charge is 2.35. The van der Waals surface area contributed by atoms with Gasteiger partial charge in [-0.3, -0.25) is 0 Å². The van der Waals surface area contributed by atoms with Crippen LogP contribution < -0.4 is 5.32 Å². The van der Waals surface area contributed by atoms with E-state index in [2.05, 4.69) is 21.2 Å². The predicted molar refractivity (Wildman–Crippen MR) is 61.0 cm³/mol. The van der Waals surface area contributed by atoms with Crippen molar-refractivity contribution in [2.45, 2.75) is 25.2 Å². The third kappa shape index (κ3) is 2.60. The monoisotopic (exact) mass is 323 g/mol. The van der Waals surface area contributed by atoms with E-state index in [4.69, 9.17) is 4.74 Å². The summed E-state index contributed by atoms with van der Waals surface area (Å²) in [7, 11) is 0. The first-order valence-electron chi connectivity index (χ1n) is 5.12. The van der Waals surface area contributed by atoms with Crippen LogP contribution in [0.5, 0.6) is 0 Å². The quantitative estimate of drug-likeness (QED) is 0.857. The van der Waals surface area contributed by atoms with Gasteiger partial charge in [0, 0.05) is 4.47 Å². The Hall–Kier alpha value is -1.24. The van der Waals surface area contributed by atoms with E-state index in [-0.39, 0.29) is 6.04 Å². The number of nitrogens with one attached hydrogen (secondary N) is 1. The zero-order valence-corrected chi connectivity index (χ0v) is 10.8. The van der Waals surface area contributed by atoms with Crippen molar-refractivity contribution in [2.24, 2.45) is 0 Å². The topological polar surface area (TPSA) is 38.3 Å². The molecule has 1 heterocycles. The molecule has 1 aliphatic rings. The summed E-state index contributed by atoms with van der Waals surface area (Å²) < 4.78 is 43.2. The van der Waals surface area contributed by atoms with Gasteiger partial charge in [0.2, 0.25) is 0 Å². The normalized spacial score (nSPS) is 23.7. The molecule has 1 saturated heterocycles. The summed E-state index contributed by atoms with van der Waals surface area (Å²) in [6.45, 7) is 1.67. The maximum atomic E-state index is 12.7. The number of alkyl halides is 3. The summed E-state index contributed by atoms with van der Waals surface area (Å²) in [5.74, 6) is 0. The molecule has 2 atom stereocenters. The molecule has 1 fully saturated rings. The fraction of sp³-hybridized carbons (Fsp3) is 0.364. The molecule has 0 saturated carbocycles. The average molecular weight is 324 g/mol. The Morgan fingerprint density at radius 1 is 1.33 bits per heavy atom. The molecule has 1 aromatic carbocycles. The predicted octanol–water partition coefficient (Wildman–Crippen LogP) is 3.64. The van der Waals surface area contributed by atoms with E-state index < -0.39 is 23.9 Å². The molecule has 18 heavy (non-hydrogen) atoms. The Morgan fingerprint density at radius 2 is 2.00 bits per heavy atom. The fourth-order valence-corrected chi connectivity index (χ4v) is 2.32. The number of carbonyl (C=O) groups is 1. The van der Waals surface area contributed by atoms with Gasteiger partial charge in [-0.25, -0.2) is 4.79 Å². The van der Waals surface area contributed by atoms with Crippen molar-refractivity contribution in [1.29, 1.82) is 0 Å². The largest absolute Gasteiger partial charge is 0.439 e. The lowest BCUT2D eigenvalue weighted by Gasteiger charge is -2.16. The van der Waals surface area contributed by atoms with Gasteiger partial charge in [0.1, 0.15) is 6.10 Å². The van der Waals surface area contributed by atoms with Crippen LogP contribution in [0.15, 0.2) is 22.7 Å². The highest BCUT2D eigenvalue weighted by Crippen LogP contribution is 2.35. The molecular formula is C11H9BrF3NO2. The molecule has 98 valence electrons. The molecule has 0 bridgehead atoms. The van der Waals surface area contributed by atoms with Crippen molar-refractivity contribution in [1.82, 2.24) is 5.32 Å². The molecule has 1 amide bonds. The van der Waals surface area contributed by atoms with Gasteiger partial charge in [0.25, 0.3) is 0 Å². The number of carbonyl (C=O) groups excluding carboxylic acids is 1. The number of benzene rings is 1. The third-order valence-corrected chi connectivity index (χ3v) is 3.07. The number of hydrogen-bond donors (Lipinski definition) is 1. The minimum atomic E-state index is -4.43. The number of cyclic esters (lactones) is 1. The number of amides is 1. The Balaban J connectivity index is 2.40. The van der Waals surface area contributed by atoms with Crippen LogP contribution in [0.1, 0.15) is 24.2 Å². The lowest BCUT2D eigenvalue weighted by Crippen LogP contribution is -2.24. The van der Waals surface area contributed by atoms with Gasteiger partial charge in [-0.15, -0.1) is 0 Å². The van der Waals surface area contributed by atoms with Gasteiger partial charge in [-0.05, 0) is 30.7 Å². The summed E-state index contributed by atoms with van der Waals surface area (Å²) in [6.07, 6.45) is -5.77. The second-order valence-electron chi connectivity index (χ2n) is 4.03. The minimum Gasteiger partial charge on any atom is -0.439 e. The maximum absolute atomic E-state index is 12.7. The van der Waals surface area contributed by atoms with Crippen molar-refractivity contribution < 1.29 is 22.7 Å². The molecule has 3 nitrogen and oxygen atoms in total. The van der Waals surface area contributed by atoms with E-state index in [1.54, 1.807) is 6.92 Å². The summed E-state index contributed by atoms with van der Waals surface area (Å²) in [5, 5.41) is 2.49. The average Bonchev–Trinajstić information content (AvgIpc) is 2.55. The molecule has 7 heteroatoms. The molecule has 1 aromatic rings. The van der Waals surface area contributed by atoms with Crippen molar-refractivity contribution >= 4 is 22.0 Å². The SMILES string of the molecule is CC1NC(=O)OC1c1cc(Br)cc(C(F)(F)F)c1. The van der Waals surface area contributed by atoms with Crippen molar-refractivity contribution in [3.8, 4) is 0 Å². The lowest BCUT2D eigenvalue weighted by molar-refractivity contribution is -0.137. The number of hydrogen-bond acceptors (Lipinski definition) is 2. The first kappa shape index (κ1) is 13.2. The first-order chi connectivity index (χ1) is 8.27. The standard InChI is InChI=1S/C11H9BrF3NO2/c1-5-9(18-10(17)16-5)6-2-7(11(13,14)15)4-8(12)3-6/h2-5,9H,1H3,(H,16,17). The third-order valence-electron chi connectivity index (χ3n) is 2.61. The number of halogens is 4. The van der Waals surface area contributed by atoms with E-state index in [0.29, 0.717) is 10.0 Å². The molecule has 2 unspecified atom stereocenters. The fourth-order valence-electron chi connectivity index (χ4n) is 1.81. The van der Waals surface area contributed by atoms with Gasteiger partial charge in [0.15, 0.2) is 0 Å². The van der Waals surface area contributed by atoms with Crippen molar-refractivity contribution in [2.75, 3.05) is 0 Å². The second kappa shape index (κ2) is 4.46. The van der Waals surface area contributed by atoms with E-state index in [1.165, 1.54) is 6.07 Å². The zero-order valence-electron chi connectivity index (χ0n) is 9.22. The number of ether oxygens (including phenoxy) is 1. The highest BCUT2D eigenvalue weighted by molar-refractivity contribution is 9.10. The Morgan fingerprint density at radius 3 is 2.50 bits per heavy atom.